The Bertz CT molecular complexity index is 616. The molecule has 0 amide bonds. The van der Waals surface area contributed by atoms with Gasteiger partial charge in [-0.3, -0.25) is 0 Å². The summed E-state index contributed by atoms with van der Waals surface area (Å²) in [6.45, 7) is 6.49. The van der Waals surface area contributed by atoms with Gasteiger partial charge in [0.15, 0.2) is 0 Å². The first kappa shape index (κ1) is 17.7. The van der Waals surface area contributed by atoms with Gasteiger partial charge in [-0.15, -0.1) is 0 Å². The SMILES string of the molecule is COC(COC(C)(C)c1cccc(C)c1)(OC)c1ccccc1. The highest BCUT2D eigenvalue weighted by Crippen LogP contribution is 2.32. The van der Waals surface area contributed by atoms with Crippen LogP contribution < -0.4 is 0 Å². The summed E-state index contributed by atoms with van der Waals surface area (Å²) in [4.78, 5) is 0. The number of hydrogen-bond acceptors (Lipinski definition) is 3. The molecule has 0 aliphatic heterocycles. The maximum atomic E-state index is 6.22. The molecular weight excluding hydrogens is 288 g/mol. The maximum Gasteiger partial charge on any atom is 0.218 e. The topological polar surface area (TPSA) is 27.7 Å². The highest BCUT2D eigenvalue weighted by Gasteiger charge is 2.35. The molecule has 0 saturated heterocycles. The minimum Gasteiger partial charge on any atom is -0.365 e. The molecule has 0 saturated carbocycles. The van der Waals surface area contributed by atoms with E-state index in [1.54, 1.807) is 14.2 Å². The normalized spacial score (nSPS) is 12.4. The van der Waals surface area contributed by atoms with Gasteiger partial charge in [0.1, 0.15) is 6.61 Å². The molecular formula is C20H26O3. The van der Waals surface area contributed by atoms with Crippen LogP contribution in [0.3, 0.4) is 0 Å². The fourth-order valence-corrected chi connectivity index (χ4v) is 2.59. The summed E-state index contributed by atoms with van der Waals surface area (Å²) in [5.74, 6) is -0.914. The van der Waals surface area contributed by atoms with Gasteiger partial charge in [0.2, 0.25) is 5.79 Å². The van der Waals surface area contributed by atoms with E-state index in [9.17, 15) is 0 Å². The molecule has 3 nitrogen and oxygen atoms in total. The van der Waals surface area contributed by atoms with Gasteiger partial charge in [-0.25, -0.2) is 0 Å². The molecule has 2 aromatic rings. The van der Waals surface area contributed by atoms with Gasteiger partial charge in [0, 0.05) is 19.8 Å². The van der Waals surface area contributed by atoms with Crippen LogP contribution in [0.1, 0.15) is 30.5 Å². The van der Waals surface area contributed by atoms with Gasteiger partial charge in [-0.2, -0.15) is 0 Å². The third-order valence-electron chi connectivity index (χ3n) is 4.21. The van der Waals surface area contributed by atoms with E-state index in [0.29, 0.717) is 6.61 Å². The van der Waals surface area contributed by atoms with E-state index < -0.39 is 11.4 Å². The number of rotatable bonds is 7. The lowest BCUT2D eigenvalue weighted by Gasteiger charge is -2.35. The Balaban J connectivity index is 2.21. The van der Waals surface area contributed by atoms with Crippen molar-refractivity contribution in [2.75, 3.05) is 20.8 Å². The van der Waals surface area contributed by atoms with Gasteiger partial charge in [-0.05, 0) is 26.3 Å². The maximum absolute atomic E-state index is 6.22. The lowest BCUT2D eigenvalue weighted by Crippen LogP contribution is -2.39. The first-order chi connectivity index (χ1) is 10.9. The average molecular weight is 314 g/mol. The largest absolute Gasteiger partial charge is 0.365 e. The highest BCUT2D eigenvalue weighted by atomic mass is 16.7. The number of benzene rings is 2. The van der Waals surface area contributed by atoms with E-state index in [1.165, 1.54) is 5.56 Å². The quantitative estimate of drug-likeness (QED) is 0.709. The zero-order valence-electron chi connectivity index (χ0n) is 14.6. The molecule has 23 heavy (non-hydrogen) atoms. The second-order valence-electron chi connectivity index (χ2n) is 6.20. The fourth-order valence-electron chi connectivity index (χ4n) is 2.59. The molecule has 0 radical (unpaired) electrons. The van der Waals surface area contributed by atoms with Crippen molar-refractivity contribution in [3.63, 3.8) is 0 Å². The van der Waals surface area contributed by atoms with Crippen LogP contribution in [-0.2, 0) is 25.6 Å². The second kappa shape index (κ2) is 7.26. The standard InChI is InChI=1S/C20H26O3/c1-16-10-9-13-18(14-16)19(2,3)23-15-20(21-4,22-5)17-11-7-6-8-12-17/h6-14H,15H2,1-5H3. The Morgan fingerprint density at radius 3 is 2.00 bits per heavy atom. The van der Waals surface area contributed by atoms with Gasteiger partial charge in [0.05, 0.1) is 5.60 Å². The first-order valence-corrected chi connectivity index (χ1v) is 7.80. The zero-order chi connectivity index (χ0) is 16.9. The second-order valence-corrected chi connectivity index (χ2v) is 6.20. The first-order valence-electron chi connectivity index (χ1n) is 7.80. The Kier molecular flexibility index (Phi) is 5.58. The molecule has 0 bridgehead atoms. The number of aryl methyl sites for hydroxylation is 1. The minimum atomic E-state index is -0.914. The van der Waals surface area contributed by atoms with Crippen molar-refractivity contribution in [2.24, 2.45) is 0 Å². The fraction of sp³-hybridized carbons (Fsp3) is 0.400. The van der Waals surface area contributed by atoms with Crippen molar-refractivity contribution in [3.05, 3.63) is 71.3 Å². The third kappa shape index (κ3) is 3.99. The van der Waals surface area contributed by atoms with Crippen LogP contribution in [0.15, 0.2) is 54.6 Å². The molecule has 0 aromatic heterocycles. The van der Waals surface area contributed by atoms with Crippen LogP contribution in [0.2, 0.25) is 0 Å². The van der Waals surface area contributed by atoms with Crippen molar-refractivity contribution in [2.45, 2.75) is 32.2 Å². The molecule has 124 valence electrons. The van der Waals surface area contributed by atoms with Crippen LogP contribution in [0.25, 0.3) is 0 Å². The van der Waals surface area contributed by atoms with Gasteiger partial charge >= 0.3 is 0 Å². The summed E-state index contributed by atoms with van der Waals surface area (Å²) >= 11 is 0. The molecule has 0 spiro atoms. The predicted octanol–water partition coefficient (Wildman–Crippen LogP) is 4.39. The van der Waals surface area contributed by atoms with Crippen LogP contribution in [0.5, 0.6) is 0 Å². The van der Waals surface area contributed by atoms with Gasteiger partial charge in [0.25, 0.3) is 0 Å². The molecule has 0 unspecified atom stereocenters. The molecule has 0 N–H and O–H groups in total. The van der Waals surface area contributed by atoms with Crippen LogP contribution in [0.4, 0.5) is 0 Å². The summed E-state index contributed by atoms with van der Waals surface area (Å²) < 4.78 is 17.6. The number of ether oxygens (including phenoxy) is 3. The summed E-state index contributed by atoms with van der Waals surface area (Å²) in [6.07, 6.45) is 0. The molecule has 0 aliphatic rings. The molecule has 2 rings (SSSR count). The highest BCUT2D eigenvalue weighted by molar-refractivity contribution is 5.27. The minimum absolute atomic E-state index is 0.297. The van der Waals surface area contributed by atoms with Crippen molar-refractivity contribution < 1.29 is 14.2 Å². The van der Waals surface area contributed by atoms with E-state index in [2.05, 4.69) is 39.0 Å². The summed E-state index contributed by atoms with van der Waals surface area (Å²) in [5.41, 5.74) is 2.84. The Labute approximate surface area is 139 Å². The van der Waals surface area contributed by atoms with Crippen LogP contribution in [0, 0.1) is 6.92 Å². The van der Waals surface area contributed by atoms with Crippen molar-refractivity contribution in [3.8, 4) is 0 Å². The van der Waals surface area contributed by atoms with Crippen molar-refractivity contribution in [1.29, 1.82) is 0 Å². The average Bonchev–Trinajstić information content (AvgIpc) is 2.57. The van der Waals surface area contributed by atoms with E-state index in [-0.39, 0.29) is 0 Å². The molecule has 0 aliphatic carbocycles. The lowest BCUT2D eigenvalue weighted by molar-refractivity contribution is -0.260. The summed E-state index contributed by atoms with van der Waals surface area (Å²) in [6, 6.07) is 18.2. The number of hydrogen-bond donors (Lipinski definition) is 0. The Morgan fingerprint density at radius 1 is 0.826 bits per heavy atom. The van der Waals surface area contributed by atoms with Crippen LogP contribution >= 0.6 is 0 Å². The summed E-state index contributed by atoms with van der Waals surface area (Å²) in [5, 5.41) is 0. The monoisotopic (exact) mass is 314 g/mol. The van der Waals surface area contributed by atoms with Crippen molar-refractivity contribution in [1.82, 2.24) is 0 Å². The Hall–Kier alpha value is -1.68. The Morgan fingerprint density at radius 2 is 1.43 bits per heavy atom. The smallest absolute Gasteiger partial charge is 0.218 e. The van der Waals surface area contributed by atoms with Crippen LogP contribution in [-0.4, -0.2) is 20.8 Å². The predicted molar refractivity (Wildman–Crippen MR) is 92.3 cm³/mol. The van der Waals surface area contributed by atoms with E-state index in [0.717, 1.165) is 11.1 Å². The molecule has 0 heterocycles. The molecule has 3 heteroatoms. The summed E-state index contributed by atoms with van der Waals surface area (Å²) in [7, 11) is 3.28. The lowest BCUT2D eigenvalue weighted by atomic mass is 9.96. The van der Waals surface area contributed by atoms with Gasteiger partial charge < -0.3 is 14.2 Å². The van der Waals surface area contributed by atoms with E-state index in [1.807, 2.05) is 36.4 Å². The van der Waals surface area contributed by atoms with Gasteiger partial charge in [-0.1, -0.05) is 60.2 Å². The van der Waals surface area contributed by atoms with E-state index in [4.69, 9.17) is 14.2 Å². The molecule has 2 aromatic carbocycles. The number of methoxy groups -OCH3 is 2. The molecule has 0 fully saturated rings. The van der Waals surface area contributed by atoms with E-state index >= 15 is 0 Å². The van der Waals surface area contributed by atoms with Crippen molar-refractivity contribution >= 4 is 0 Å². The third-order valence-corrected chi connectivity index (χ3v) is 4.21. The zero-order valence-corrected chi connectivity index (χ0v) is 14.6. The molecule has 0 atom stereocenters.